The maximum atomic E-state index is 12.2. The number of likely N-dealkylation sites (tertiary alicyclic amines) is 1. The van der Waals surface area contributed by atoms with Gasteiger partial charge in [-0.25, -0.2) is 0 Å². The number of hydrogen-bond acceptors (Lipinski definition) is 6. The van der Waals surface area contributed by atoms with E-state index < -0.39 is 0 Å². The van der Waals surface area contributed by atoms with Gasteiger partial charge in [-0.1, -0.05) is 4.49 Å². The summed E-state index contributed by atoms with van der Waals surface area (Å²) in [5, 5.41) is 6.85. The standard InChI is InChI=1S/C14H18N4O2S/c1-10-13(21-17-16-10)14(19)15-9-11(12-5-4-8-20-12)18-6-2-3-7-18/h4-5,8,11H,2-3,6-7,9H2,1H3,(H,15,19)/t11-/m0/s1. The van der Waals surface area contributed by atoms with Gasteiger partial charge in [-0.3, -0.25) is 9.69 Å². The number of amides is 1. The lowest BCUT2D eigenvalue weighted by Gasteiger charge is -2.25. The predicted molar refractivity (Wildman–Crippen MR) is 79.2 cm³/mol. The molecular formula is C14H18N4O2S. The van der Waals surface area contributed by atoms with Gasteiger partial charge in [-0.2, -0.15) is 0 Å². The summed E-state index contributed by atoms with van der Waals surface area (Å²) < 4.78 is 9.34. The van der Waals surface area contributed by atoms with Gasteiger partial charge in [0.25, 0.3) is 5.91 Å². The number of hydrogen-bond donors (Lipinski definition) is 1. The van der Waals surface area contributed by atoms with Gasteiger partial charge in [0.2, 0.25) is 0 Å². The Kier molecular flexibility index (Phi) is 4.31. The van der Waals surface area contributed by atoms with Gasteiger partial charge in [0.1, 0.15) is 10.6 Å². The highest BCUT2D eigenvalue weighted by atomic mass is 32.1. The third-order valence-electron chi connectivity index (χ3n) is 3.77. The molecule has 0 unspecified atom stereocenters. The number of nitrogens with zero attached hydrogens (tertiary/aromatic N) is 3. The molecule has 1 amide bonds. The number of nitrogens with one attached hydrogen (secondary N) is 1. The molecule has 2 aromatic heterocycles. The normalized spacial score (nSPS) is 17.0. The number of carbonyl (C=O) groups excluding carboxylic acids is 1. The first-order valence-corrected chi connectivity index (χ1v) is 7.87. The highest BCUT2D eigenvalue weighted by Gasteiger charge is 2.26. The Balaban J connectivity index is 1.67. The van der Waals surface area contributed by atoms with E-state index in [1.807, 2.05) is 12.1 Å². The maximum absolute atomic E-state index is 12.2. The molecule has 1 atom stereocenters. The van der Waals surface area contributed by atoms with Gasteiger partial charge in [0.15, 0.2) is 0 Å². The quantitative estimate of drug-likeness (QED) is 0.915. The van der Waals surface area contributed by atoms with Gasteiger partial charge >= 0.3 is 0 Å². The van der Waals surface area contributed by atoms with Gasteiger partial charge in [-0.15, -0.1) is 5.10 Å². The zero-order valence-electron chi connectivity index (χ0n) is 11.9. The molecule has 0 radical (unpaired) electrons. The van der Waals surface area contributed by atoms with Crippen molar-refractivity contribution in [2.45, 2.75) is 25.8 Å². The van der Waals surface area contributed by atoms with Gasteiger partial charge < -0.3 is 9.73 Å². The summed E-state index contributed by atoms with van der Waals surface area (Å²) in [6.45, 7) is 4.41. The third-order valence-corrected chi connectivity index (χ3v) is 4.59. The fraction of sp³-hybridized carbons (Fsp3) is 0.500. The zero-order valence-corrected chi connectivity index (χ0v) is 12.7. The fourth-order valence-corrected chi connectivity index (χ4v) is 3.23. The van der Waals surface area contributed by atoms with Crippen molar-refractivity contribution in [2.24, 2.45) is 0 Å². The Morgan fingerprint density at radius 1 is 1.52 bits per heavy atom. The second-order valence-corrected chi connectivity index (χ2v) is 5.93. The van der Waals surface area contributed by atoms with E-state index in [-0.39, 0.29) is 11.9 Å². The lowest BCUT2D eigenvalue weighted by molar-refractivity contribution is 0.0937. The molecule has 6 nitrogen and oxygen atoms in total. The second-order valence-electron chi connectivity index (χ2n) is 5.17. The highest BCUT2D eigenvalue weighted by molar-refractivity contribution is 7.07. The van der Waals surface area contributed by atoms with E-state index in [1.54, 1.807) is 13.2 Å². The van der Waals surface area contributed by atoms with E-state index >= 15 is 0 Å². The summed E-state index contributed by atoms with van der Waals surface area (Å²) in [6, 6.07) is 3.94. The lowest BCUT2D eigenvalue weighted by atomic mass is 10.2. The smallest absolute Gasteiger partial charge is 0.265 e. The summed E-state index contributed by atoms with van der Waals surface area (Å²) in [5.74, 6) is 0.787. The minimum atomic E-state index is -0.113. The topological polar surface area (TPSA) is 71.3 Å². The van der Waals surface area contributed by atoms with Crippen LogP contribution in [0.25, 0.3) is 0 Å². The molecule has 1 aliphatic rings. The average Bonchev–Trinajstić information content (AvgIpc) is 3.21. The molecule has 1 aliphatic heterocycles. The van der Waals surface area contributed by atoms with Crippen molar-refractivity contribution >= 4 is 17.4 Å². The van der Waals surface area contributed by atoms with Gasteiger partial charge in [0, 0.05) is 6.54 Å². The van der Waals surface area contributed by atoms with Crippen LogP contribution >= 0.6 is 11.5 Å². The minimum absolute atomic E-state index is 0.0904. The van der Waals surface area contributed by atoms with Crippen LogP contribution in [0, 0.1) is 6.92 Å². The molecule has 0 spiro atoms. The summed E-state index contributed by atoms with van der Waals surface area (Å²) in [6.07, 6.45) is 4.07. The van der Waals surface area contributed by atoms with Crippen LogP contribution < -0.4 is 5.32 Å². The molecule has 1 N–H and O–H groups in total. The minimum Gasteiger partial charge on any atom is -0.468 e. The largest absolute Gasteiger partial charge is 0.468 e. The molecule has 1 fully saturated rings. The number of carbonyl (C=O) groups is 1. The Labute approximate surface area is 127 Å². The van der Waals surface area contributed by atoms with Crippen LogP contribution in [0.5, 0.6) is 0 Å². The average molecular weight is 306 g/mol. The molecule has 0 aromatic carbocycles. The molecule has 0 bridgehead atoms. The Bertz CT molecular complexity index is 590. The Hall–Kier alpha value is -1.73. The van der Waals surface area contributed by atoms with Crippen molar-refractivity contribution in [2.75, 3.05) is 19.6 Å². The molecule has 1 saturated heterocycles. The predicted octanol–water partition coefficient (Wildman–Crippen LogP) is 2.01. The van der Waals surface area contributed by atoms with E-state index in [1.165, 1.54) is 12.8 Å². The molecule has 112 valence electrons. The summed E-state index contributed by atoms with van der Waals surface area (Å²) in [5.41, 5.74) is 0.674. The Morgan fingerprint density at radius 2 is 2.33 bits per heavy atom. The number of aromatic nitrogens is 2. The highest BCUT2D eigenvalue weighted by Crippen LogP contribution is 2.25. The van der Waals surface area contributed by atoms with Crippen molar-refractivity contribution in [3.05, 3.63) is 34.7 Å². The van der Waals surface area contributed by atoms with Crippen LogP contribution in [0.2, 0.25) is 0 Å². The van der Waals surface area contributed by atoms with Crippen molar-refractivity contribution in [3.63, 3.8) is 0 Å². The molecule has 3 rings (SSSR count). The van der Waals surface area contributed by atoms with Crippen molar-refractivity contribution in [1.82, 2.24) is 19.8 Å². The summed E-state index contributed by atoms with van der Waals surface area (Å²) in [4.78, 5) is 15.1. The van der Waals surface area contributed by atoms with E-state index in [0.29, 0.717) is 17.1 Å². The first-order chi connectivity index (χ1) is 10.3. The first-order valence-electron chi connectivity index (χ1n) is 7.10. The summed E-state index contributed by atoms with van der Waals surface area (Å²) in [7, 11) is 0. The van der Waals surface area contributed by atoms with Gasteiger partial charge in [-0.05, 0) is 56.5 Å². The molecule has 7 heteroatoms. The van der Waals surface area contributed by atoms with Gasteiger partial charge in [0.05, 0.1) is 18.0 Å². The van der Waals surface area contributed by atoms with Crippen molar-refractivity contribution in [1.29, 1.82) is 0 Å². The number of rotatable bonds is 5. The van der Waals surface area contributed by atoms with E-state index in [9.17, 15) is 4.79 Å². The lowest BCUT2D eigenvalue weighted by Crippen LogP contribution is -2.36. The van der Waals surface area contributed by atoms with Crippen LogP contribution in [0.1, 0.15) is 40.0 Å². The first kappa shape index (κ1) is 14.2. The van der Waals surface area contributed by atoms with Crippen LogP contribution in [-0.2, 0) is 0 Å². The number of aryl methyl sites for hydroxylation is 1. The van der Waals surface area contributed by atoms with E-state index in [0.717, 1.165) is 30.4 Å². The zero-order chi connectivity index (χ0) is 14.7. The molecular weight excluding hydrogens is 288 g/mol. The van der Waals surface area contributed by atoms with Crippen LogP contribution in [0.4, 0.5) is 0 Å². The third kappa shape index (κ3) is 3.14. The van der Waals surface area contributed by atoms with Crippen molar-refractivity contribution < 1.29 is 9.21 Å². The fourth-order valence-electron chi connectivity index (χ4n) is 2.65. The molecule has 21 heavy (non-hydrogen) atoms. The maximum Gasteiger partial charge on any atom is 0.265 e. The molecule has 2 aromatic rings. The van der Waals surface area contributed by atoms with Crippen LogP contribution in [-0.4, -0.2) is 40.0 Å². The van der Waals surface area contributed by atoms with E-state index in [4.69, 9.17) is 4.42 Å². The number of furan rings is 1. The monoisotopic (exact) mass is 306 g/mol. The molecule has 0 saturated carbocycles. The van der Waals surface area contributed by atoms with Crippen LogP contribution in [0.3, 0.4) is 0 Å². The van der Waals surface area contributed by atoms with Crippen molar-refractivity contribution in [3.8, 4) is 0 Å². The van der Waals surface area contributed by atoms with E-state index in [2.05, 4.69) is 19.8 Å². The summed E-state index contributed by atoms with van der Waals surface area (Å²) >= 11 is 1.13. The SMILES string of the molecule is Cc1nnsc1C(=O)NC[C@@H](c1ccco1)N1CCCC1. The van der Waals surface area contributed by atoms with Crippen LogP contribution in [0.15, 0.2) is 22.8 Å². The molecule has 3 heterocycles. The second kappa shape index (κ2) is 6.36. The molecule has 0 aliphatic carbocycles. The Morgan fingerprint density at radius 3 is 2.95 bits per heavy atom.